The minimum atomic E-state index is -0.729. The number of carbonyl (C=O) groups is 1. The summed E-state index contributed by atoms with van der Waals surface area (Å²) < 4.78 is 6.74. The Hall–Kier alpha value is -2.57. The van der Waals surface area contributed by atoms with Crippen molar-refractivity contribution in [1.29, 1.82) is 0 Å². The number of hydrogen-bond donors (Lipinski definition) is 1. The van der Waals surface area contributed by atoms with Crippen LogP contribution in [-0.4, -0.2) is 33.7 Å². The Kier molecular flexibility index (Phi) is 5.15. The van der Waals surface area contributed by atoms with Crippen LogP contribution in [0.5, 0.6) is 0 Å². The van der Waals surface area contributed by atoms with Crippen LogP contribution in [0, 0.1) is 6.92 Å². The van der Waals surface area contributed by atoms with E-state index in [1.54, 1.807) is 17.9 Å². The zero-order chi connectivity index (χ0) is 18.8. The van der Waals surface area contributed by atoms with Crippen LogP contribution in [0.15, 0.2) is 27.4 Å². The van der Waals surface area contributed by atoms with E-state index in [9.17, 15) is 9.59 Å². The molecule has 1 amide bonds. The smallest absolute Gasteiger partial charge is 0.290 e. The SMILES string of the molecule is Cc1ccc(-c2cc(N)c(=O)n([C@@H](C)C(=O)N(C)C3CCCCC3)n2)o1. The van der Waals surface area contributed by atoms with Crippen molar-refractivity contribution in [2.75, 3.05) is 12.8 Å². The molecule has 0 bridgehead atoms. The van der Waals surface area contributed by atoms with E-state index in [2.05, 4.69) is 5.10 Å². The molecular weight excluding hydrogens is 332 g/mol. The molecule has 0 aliphatic heterocycles. The second-order valence-electron chi connectivity index (χ2n) is 7.06. The summed E-state index contributed by atoms with van der Waals surface area (Å²) >= 11 is 0. The first kappa shape index (κ1) is 18.2. The van der Waals surface area contributed by atoms with Crippen LogP contribution < -0.4 is 11.3 Å². The molecule has 0 saturated heterocycles. The lowest BCUT2D eigenvalue weighted by atomic mass is 9.94. The highest BCUT2D eigenvalue weighted by molar-refractivity contribution is 5.80. The number of nitrogen functional groups attached to an aromatic ring is 1. The third kappa shape index (κ3) is 3.52. The zero-order valence-electron chi connectivity index (χ0n) is 15.6. The lowest BCUT2D eigenvalue weighted by Gasteiger charge is -2.33. The molecule has 7 nitrogen and oxygen atoms in total. The lowest BCUT2D eigenvalue weighted by Crippen LogP contribution is -2.44. The van der Waals surface area contributed by atoms with Crippen LogP contribution in [-0.2, 0) is 4.79 Å². The van der Waals surface area contributed by atoms with Crippen LogP contribution in [0.25, 0.3) is 11.5 Å². The molecule has 2 aromatic rings. The predicted octanol–water partition coefficient (Wildman–Crippen LogP) is 2.75. The topological polar surface area (TPSA) is 94.4 Å². The van der Waals surface area contributed by atoms with E-state index >= 15 is 0 Å². The summed E-state index contributed by atoms with van der Waals surface area (Å²) in [6.07, 6.45) is 5.50. The molecule has 2 N–H and O–H groups in total. The van der Waals surface area contributed by atoms with Crippen molar-refractivity contribution in [2.45, 2.75) is 58.0 Å². The number of anilines is 1. The number of aromatic nitrogens is 2. The fourth-order valence-corrected chi connectivity index (χ4v) is 3.53. The minimum Gasteiger partial charge on any atom is -0.460 e. The van der Waals surface area contributed by atoms with Crippen molar-refractivity contribution in [3.05, 3.63) is 34.3 Å². The molecule has 1 atom stereocenters. The Morgan fingerprint density at radius 2 is 2.04 bits per heavy atom. The van der Waals surface area contributed by atoms with Crippen molar-refractivity contribution in [3.8, 4) is 11.5 Å². The second kappa shape index (κ2) is 7.35. The van der Waals surface area contributed by atoms with Gasteiger partial charge in [-0.05, 0) is 44.9 Å². The van der Waals surface area contributed by atoms with Crippen LogP contribution in [0.1, 0.15) is 50.8 Å². The number of rotatable bonds is 4. The molecule has 7 heteroatoms. The summed E-state index contributed by atoms with van der Waals surface area (Å²) in [6.45, 7) is 3.51. The highest BCUT2D eigenvalue weighted by Gasteiger charge is 2.28. The van der Waals surface area contributed by atoms with Gasteiger partial charge in [0.15, 0.2) is 5.76 Å². The molecule has 140 valence electrons. The number of furan rings is 1. The van der Waals surface area contributed by atoms with Crippen molar-refractivity contribution in [1.82, 2.24) is 14.7 Å². The first-order chi connectivity index (χ1) is 12.4. The number of hydrogen-bond acceptors (Lipinski definition) is 5. The summed E-state index contributed by atoms with van der Waals surface area (Å²) in [6, 6.07) is 4.56. The van der Waals surface area contributed by atoms with Gasteiger partial charge in [0.1, 0.15) is 23.2 Å². The van der Waals surface area contributed by atoms with Gasteiger partial charge in [-0.15, -0.1) is 0 Å². The molecule has 0 radical (unpaired) electrons. The van der Waals surface area contributed by atoms with E-state index < -0.39 is 11.6 Å². The van der Waals surface area contributed by atoms with E-state index in [-0.39, 0.29) is 17.6 Å². The maximum atomic E-state index is 12.9. The number of nitrogens with two attached hydrogens (primary N) is 1. The lowest BCUT2D eigenvalue weighted by molar-refractivity contribution is -0.136. The average molecular weight is 358 g/mol. The molecule has 0 spiro atoms. The van der Waals surface area contributed by atoms with Crippen LogP contribution >= 0.6 is 0 Å². The van der Waals surface area contributed by atoms with Gasteiger partial charge in [-0.3, -0.25) is 9.59 Å². The third-order valence-corrected chi connectivity index (χ3v) is 5.15. The van der Waals surface area contributed by atoms with E-state index in [1.807, 2.05) is 20.0 Å². The Morgan fingerprint density at radius 1 is 1.35 bits per heavy atom. The summed E-state index contributed by atoms with van der Waals surface area (Å²) in [5, 5.41) is 4.35. The number of amides is 1. The van der Waals surface area contributed by atoms with Gasteiger partial charge in [0.25, 0.3) is 5.56 Å². The van der Waals surface area contributed by atoms with Gasteiger partial charge in [-0.25, -0.2) is 4.68 Å². The summed E-state index contributed by atoms with van der Waals surface area (Å²) in [5.41, 5.74) is 5.90. The highest BCUT2D eigenvalue weighted by atomic mass is 16.3. The maximum absolute atomic E-state index is 12.9. The Bertz CT molecular complexity index is 849. The number of aryl methyl sites for hydroxylation is 1. The van der Waals surface area contributed by atoms with Gasteiger partial charge in [-0.2, -0.15) is 5.10 Å². The summed E-state index contributed by atoms with van der Waals surface area (Å²) in [5.74, 6) is 1.13. The molecule has 2 aromatic heterocycles. The molecule has 1 fully saturated rings. The maximum Gasteiger partial charge on any atom is 0.290 e. The normalized spacial score (nSPS) is 16.4. The van der Waals surface area contributed by atoms with Gasteiger partial charge < -0.3 is 15.1 Å². The Labute approximate surface area is 152 Å². The van der Waals surface area contributed by atoms with Crippen molar-refractivity contribution >= 4 is 11.6 Å². The van der Waals surface area contributed by atoms with Gasteiger partial charge in [-0.1, -0.05) is 19.3 Å². The molecule has 26 heavy (non-hydrogen) atoms. The molecule has 1 aliphatic carbocycles. The first-order valence-electron chi connectivity index (χ1n) is 9.11. The van der Waals surface area contributed by atoms with E-state index in [1.165, 1.54) is 17.2 Å². The van der Waals surface area contributed by atoms with Crippen LogP contribution in [0.4, 0.5) is 5.69 Å². The molecule has 2 heterocycles. The predicted molar refractivity (Wildman–Crippen MR) is 99.7 cm³/mol. The van der Waals surface area contributed by atoms with E-state index in [0.29, 0.717) is 11.5 Å². The summed E-state index contributed by atoms with van der Waals surface area (Å²) in [4.78, 5) is 27.2. The van der Waals surface area contributed by atoms with Crippen molar-refractivity contribution in [2.24, 2.45) is 0 Å². The Balaban J connectivity index is 1.90. The molecule has 3 rings (SSSR count). The number of nitrogens with zero attached hydrogens (tertiary/aromatic N) is 3. The minimum absolute atomic E-state index is 0.0454. The van der Waals surface area contributed by atoms with Crippen LogP contribution in [0.2, 0.25) is 0 Å². The molecule has 0 unspecified atom stereocenters. The number of likely N-dealkylation sites (N-methyl/N-ethyl adjacent to an activating group) is 1. The van der Waals surface area contributed by atoms with Gasteiger partial charge in [0.2, 0.25) is 5.91 Å². The zero-order valence-corrected chi connectivity index (χ0v) is 15.6. The molecule has 1 aliphatic rings. The monoisotopic (exact) mass is 358 g/mol. The number of carbonyl (C=O) groups excluding carboxylic acids is 1. The van der Waals surface area contributed by atoms with Gasteiger partial charge in [0.05, 0.1) is 0 Å². The molecular formula is C19H26N4O3. The van der Waals surface area contributed by atoms with Crippen molar-refractivity contribution in [3.63, 3.8) is 0 Å². The first-order valence-corrected chi connectivity index (χ1v) is 9.11. The highest BCUT2D eigenvalue weighted by Crippen LogP contribution is 2.24. The summed E-state index contributed by atoms with van der Waals surface area (Å²) in [7, 11) is 1.81. The van der Waals surface area contributed by atoms with Gasteiger partial charge in [0, 0.05) is 13.1 Å². The quantitative estimate of drug-likeness (QED) is 0.907. The second-order valence-corrected chi connectivity index (χ2v) is 7.06. The average Bonchev–Trinajstić information content (AvgIpc) is 3.09. The molecule has 1 saturated carbocycles. The van der Waals surface area contributed by atoms with Gasteiger partial charge >= 0.3 is 0 Å². The Morgan fingerprint density at radius 3 is 2.65 bits per heavy atom. The largest absolute Gasteiger partial charge is 0.460 e. The van der Waals surface area contributed by atoms with Crippen LogP contribution in [0.3, 0.4) is 0 Å². The fraction of sp³-hybridized carbons (Fsp3) is 0.526. The van der Waals surface area contributed by atoms with E-state index in [0.717, 1.165) is 31.4 Å². The fourth-order valence-electron chi connectivity index (χ4n) is 3.53. The standard InChI is InChI=1S/C19H26N4O3/c1-12-9-10-17(26-12)16-11-15(20)19(25)23(21-16)13(2)18(24)22(3)14-7-5-4-6-8-14/h9-11,13-14H,4-8,20H2,1-3H3/t13-/m0/s1. The molecule has 0 aromatic carbocycles. The van der Waals surface area contributed by atoms with Crippen molar-refractivity contribution < 1.29 is 9.21 Å². The van der Waals surface area contributed by atoms with E-state index in [4.69, 9.17) is 10.2 Å². The third-order valence-electron chi connectivity index (χ3n) is 5.15.